The lowest BCUT2D eigenvalue weighted by Crippen LogP contribution is -2.40. The third-order valence-electron chi connectivity index (χ3n) is 3.95. The van der Waals surface area contributed by atoms with Crippen molar-refractivity contribution in [1.82, 2.24) is 5.32 Å². The van der Waals surface area contributed by atoms with Crippen LogP contribution in [-0.4, -0.2) is 17.6 Å². The molecule has 1 aliphatic carbocycles. The van der Waals surface area contributed by atoms with Crippen LogP contribution < -0.4 is 5.32 Å². The second-order valence-corrected chi connectivity index (χ2v) is 5.39. The van der Waals surface area contributed by atoms with Crippen molar-refractivity contribution in [2.45, 2.75) is 38.6 Å². The molecule has 0 saturated heterocycles. The molecular formula is C15H21NO2. The zero-order chi connectivity index (χ0) is 13.0. The number of hydrogen-bond acceptors (Lipinski definition) is 2. The second kappa shape index (κ2) is 5.53. The molecule has 0 spiro atoms. The predicted octanol–water partition coefficient (Wildman–Crippen LogP) is 2.42. The van der Waals surface area contributed by atoms with E-state index in [-0.39, 0.29) is 24.0 Å². The molecule has 98 valence electrons. The van der Waals surface area contributed by atoms with E-state index in [1.807, 2.05) is 37.3 Å². The first-order valence-electron chi connectivity index (χ1n) is 6.62. The molecule has 0 unspecified atom stereocenters. The lowest BCUT2D eigenvalue weighted by Gasteiger charge is -2.26. The summed E-state index contributed by atoms with van der Waals surface area (Å²) < 4.78 is 0. The molecule has 1 atom stereocenters. The van der Waals surface area contributed by atoms with Crippen molar-refractivity contribution in [2.75, 3.05) is 6.61 Å². The first-order chi connectivity index (χ1) is 8.65. The fourth-order valence-corrected chi connectivity index (χ4v) is 2.63. The molecule has 1 fully saturated rings. The molecule has 1 saturated carbocycles. The number of rotatable bonds is 4. The number of aliphatic hydroxyl groups is 1. The van der Waals surface area contributed by atoms with Gasteiger partial charge in [0, 0.05) is 5.41 Å². The Morgan fingerprint density at radius 2 is 1.94 bits per heavy atom. The Labute approximate surface area is 108 Å². The molecule has 18 heavy (non-hydrogen) atoms. The van der Waals surface area contributed by atoms with Crippen molar-refractivity contribution in [2.24, 2.45) is 5.41 Å². The van der Waals surface area contributed by atoms with Crippen molar-refractivity contribution < 1.29 is 9.90 Å². The summed E-state index contributed by atoms with van der Waals surface area (Å²) in [7, 11) is 0. The van der Waals surface area contributed by atoms with Crippen molar-refractivity contribution in [1.29, 1.82) is 0 Å². The van der Waals surface area contributed by atoms with Gasteiger partial charge in [0.05, 0.1) is 12.6 Å². The molecule has 3 heteroatoms. The Bertz CT molecular complexity index is 396. The molecular weight excluding hydrogens is 226 g/mol. The second-order valence-electron chi connectivity index (χ2n) is 5.39. The largest absolute Gasteiger partial charge is 0.394 e. The summed E-state index contributed by atoms with van der Waals surface area (Å²) in [4.78, 5) is 12.3. The van der Waals surface area contributed by atoms with Gasteiger partial charge in [-0.1, -0.05) is 50.1 Å². The molecule has 0 heterocycles. The molecule has 1 amide bonds. The van der Waals surface area contributed by atoms with Crippen LogP contribution in [0.1, 0.15) is 44.2 Å². The van der Waals surface area contributed by atoms with E-state index in [9.17, 15) is 9.90 Å². The summed E-state index contributed by atoms with van der Waals surface area (Å²) >= 11 is 0. The number of carbonyl (C=O) groups is 1. The SMILES string of the molecule is CC1(C(=O)N[C@H](CO)c2ccccc2)CCCC1. The number of amides is 1. The van der Waals surface area contributed by atoms with E-state index in [1.54, 1.807) is 0 Å². The minimum atomic E-state index is -0.295. The van der Waals surface area contributed by atoms with Gasteiger partial charge in [-0.05, 0) is 18.4 Å². The Morgan fingerprint density at radius 3 is 2.50 bits per heavy atom. The summed E-state index contributed by atoms with van der Waals surface area (Å²) in [5.41, 5.74) is 0.706. The molecule has 0 aliphatic heterocycles. The molecule has 0 radical (unpaired) electrons. The Kier molecular flexibility index (Phi) is 4.02. The average Bonchev–Trinajstić information content (AvgIpc) is 2.85. The van der Waals surface area contributed by atoms with Crippen LogP contribution in [0.3, 0.4) is 0 Å². The van der Waals surface area contributed by atoms with Gasteiger partial charge < -0.3 is 10.4 Å². The highest BCUT2D eigenvalue weighted by atomic mass is 16.3. The number of aliphatic hydroxyl groups excluding tert-OH is 1. The van der Waals surface area contributed by atoms with Gasteiger partial charge in [-0.2, -0.15) is 0 Å². The van der Waals surface area contributed by atoms with Crippen molar-refractivity contribution in [3.63, 3.8) is 0 Å². The van der Waals surface area contributed by atoms with Gasteiger partial charge in [0.1, 0.15) is 0 Å². The lowest BCUT2D eigenvalue weighted by molar-refractivity contribution is -0.131. The number of nitrogens with one attached hydrogen (secondary N) is 1. The number of benzene rings is 1. The summed E-state index contributed by atoms with van der Waals surface area (Å²) in [6.45, 7) is 1.96. The highest BCUT2D eigenvalue weighted by molar-refractivity contribution is 5.82. The van der Waals surface area contributed by atoms with Gasteiger partial charge in [-0.3, -0.25) is 4.79 Å². The standard InChI is InChI=1S/C15H21NO2/c1-15(9-5-6-10-15)14(18)16-13(11-17)12-7-3-2-4-8-12/h2-4,7-8,13,17H,5-6,9-11H2,1H3,(H,16,18)/t13-/m1/s1. The maximum absolute atomic E-state index is 12.3. The third kappa shape index (κ3) is 2.72. The third-order valence-corrected chi connectivity index (χ3v) is 3.95. The quantitative estimate of drug-likeness (QED) is 0.858. The van der Waals surface area contributed by atoms with E-state index >= 15 is 0 Å². The zero-order valence-corrected chi connectivity index (χ0v) is 10.9. The monoisotopic (exact) mass is 247 g/mol. The van der Waals surface area contributed by atoms with E-state index in [4.69, 9.17) is 0 Å². The molecule has 2 rings (SSSR count). The Hall–Kier alpha value is -1.35. The maximum Gasteiger partial charge on any atom is 0.226 e. The van der Waals surface area contributed by atoms with Crippen LogP contribution in [0.2, 0.25) is 0 Å². The predicted molar refractivity (Wildman–Crippen MR) is 71.0 cm³/mol. The maximum atomic E-state index is 12.3. The van der Waals surface area contributed by atoms with Gasteiger partial charge in [0.2, 0.25) is 5.91 Å². The minimum absolute atomic E-state index is 0.0637. The van der Waals surface area contributed by atoms with E-state index in [2.05, 4.69) is 5.32 Å². The first-order valence-corrected chi connectivity index (χ1v) is 6.62. The van der Waals surface area contributed by atoms with Gasteiger partial charge >= 0.3 is 0 Å². The number of carbonyl (C=O) groups excluding carboxylic acids is 1. The van der Waals surface area contributed by atoms with E-state index in [0.29, 0.717) is 0 Å². The number of hydrogen-bond donors (Lipinski definition) is 2. The van der Waals surface area contributed by atoms with Gasteiger partial charge in [0.15, 0.2) is 0 Å². The molecule has 1 aromatic carbocycles. The van der Waals surface area contributed by atoms with Gasteiger partial charge in [0.25, 0.3) is 0 Å². The summed E-state index contributed by atoms with van der Waals surface area (Å²) in [6, 6.07) is 9.33. The van der Waals surface area contributed by atoms with Crippen LogP contribution >= 0.6 is 0 Å². The topological polar surface area (TPSA) is 49.3 Å². The summed E-state index contributed by atoms with van der Waals surface area (Å²) in [5, 5.41) is 12.4. The molecule has 0 aromatic heterocycles. The molecule has 2 N–H and O–H groups in total. The van der Waals surface area contributed by atoms with Crippen LogP contribution in [0.4, 0.5) is 0 Å². The zero-order valence-electron chi connectivity index (χ0n) is 10.9. The Balaban J connectivity index is 2.05. The van der Waals surface area contributed by atoms with Gasteiger partial charge in [-0.15, -0.1) is 0 Å². The van der Waals surface area contributed by atoms with E-state index < -0.39 is 0 Å². The highest BCUT2D eigenvalue weighted by Gasteiger charge is 2.37. The average molecular weight is 247 g/mol. The van der Waals surface area contributed by atoms with Crippen LogP contribution in [0.15, 0.2) is 30.3 Å². The normalized spacial score (nSPS) is 19.4. The van der Waals surface area contributed by atoms with Crippen molar-refractivity contribution >= 4 is 5.91 Å². The van der Waals surface area contributed by atoms with Crippen LogP contribution in [0.5, 0.6) is 0 Å². The van der Waals surface area contributed by atoms with Crippen LogP contribution in [0, 0.1) is 5.41 Å². The molecule has 3 nitrogen and oxygen atoms in total. The summed E-state index contributed by atoms with van der Waals surface area (Å²) in [6.07, 6.45) is 4.15. The van der Waals surface area contributed by atoms with Crippen molar-refractivity contribution in [3.05, 3.63) is 35.9 Å². The molecule has 1 aliphatic rings. The fourth-order valence-electron chi connectivity index (χ4n) is 2.63. The molecule has 1 aromatic rings. The van der Waals surface area contributed by atoms with E-state index in [1.165, 1.54) is 0 Å². The smallest absolute Gasteiger partial charge is 0.226 e. The van der Waals surface area contributed by atoms with Crippen molar-refractivity contribution in [3.8, 4) is 0 Å². The lowest BCUT2D eigenvalue weighted by atomic mass is 9.87. The summed E-state index contributed by atoms with van der Waals surface area (Å²) in [5.74, 6) is 0.0721. The fraction of sp³-hybridized carbons (Fsp3) is 0.533. The van der Waals surface area contributed by atoms with Gasteiger partial charge in [-0.25, -0.2) is 0 Å². The Morgan fingerprint density at radius 1 is 1.33 bits per heavy atom. The van der Waals surface area contributed by atoms with E-state index in [0.717, 1.165) is 31.2 Å². The highest BCUT2D eigenvalue weighted by Crippen LogP contribution is 2.38. The minimum Gasteiger partial charge on any atom is -0.394 e. The van der Waals surface area contributed by atoms with Crippen LogP contribution in [-0.2, 0) is 4.79 Å². The van der Waals surface area contributed by atoms with Crippen LogP contribution in [0.25, 0.3) is 0 Å². The molecule has 0 bridgehead atoms. The first kappa shape index (κ1) is 13.1.